The molecule has 0 aromatic heterocycles. The second-order valence-corrected chi connectivity index (χ2v) is 6.99. The van der Waals surface area contributed by atoms with E-state index in [0.29, 0.717) is 0 Å². The van der Waals surface area contributed by atoms with E-state index in [4.69, 9.17) is 0 Å². The third kappa shape index (κ3) is 18.4. The molecule has 0 bridgehead atoms. The summed E-state index contributed by atoms with van der Waals surface area (Å²) in [5, 5.41) is 9.55. The van der Waals surface area contributed by atoms with Gasteiger partial charge in [-0.15, -0.1) is 0 Å². The lowest BCUT2D eigenvalue weighted by Gasteiger charge is -2.05. The number of aliphatic hydroxyl groups is 1. The Balaban J connectivity index is 3.02. The lowest BCUT2D eigenvalue weighted by molar-refractivity contribution is 0.208. The molecule has 1 atom stereocenters. The predicted octanol–water partition coefficient (Wildman–Crippen LogP) is 7.17. The van der Waals surface area contributed by atoms with E-state index in [1.807, 2.05) is 10.2 Å². The molecule has 0 heterocycles. The van der Waals surface area contributed by atoms with Gasteiger partial charge in [-0.2, -0.15) is 0 Å². The van der Waals surface area contributed by atoms with Crippen molar-refractivity contribution in [1.29, 1.82) is 0 Å². The summed E-state index contributed by atoms with van der Waals surface area (Å²) in [6.07, 6.45) is 22.1. The Hall–Kier alpha value is 0.430. The molecule has 0 spiro atoms. The van der Waals surface area contributed by atoms with Crippen LogP contribution in [0.1, 0.15) is 103 Å². The van der Waals surface area contributed by atoms with Crippen LogP contribution in [0.3, 0.4) is 0 Å². The third-order valence-electron chi connectivity index (χ3n) is 4.15. The van der Waals surface area contributed by atoms with E-state index in [1.165, 1.54) is 89.9 Å². The van der Waals surface area contributed by atoms with Gasteiger partial charge in [0.05, 0.1) is 6.10 Å². The molecular formula is C19H37IO. The summed E-state index contributed by atoms with van der Waals surface area (Å²) in [4.78, 5) is 0. The van der Waals surface area contributed by atoms with E-state index in [-0.39, 0.29) is 6.10 Å². The van der Waals surface area contributed by atoms with Crippen LogP contribution in [0.15, 0.2) is 10.2 Å². The average Bonchev–Trinajstić information content (AvgIpc) is 2.48. The largest absolute Gasteiger partial charge is 0.389 e. The quantitative estimate of drug-likeness (QED) is 0.212. The zero-order valence-electron chi connectivity index (χ0n) is 14.2. The fourth-order valence-electron chi connectivity index (χ4n) is 2.73. The molecule has 0 rings (SSSR count). The highest BCUT2D eigenvalue weighted by molar-refractivity contribution is 14.1. The van der Waals surface area contributed by atoms with Crippen molar-refractivity contribution in [1.82, 2.24) is 0 Å². The van der Waals surface area contributed by atoms with Gasteiger partial charge < -0.3 is 5.11 Å². The van der Waals surface area contributed by atoms with Crippen molar-refractivity contribution in [3.63, 3.8) is 0 Å². The van der Waals surface area contributed by atoms with E-state index in [9.17, 15) is 5.11 Å². The van der Waals surface area contributed by atoms with Crippen molar-refractivity contribution in [2.45, 2.75) is 109 Å². The van der Waals surface area contributed by atoms with Crippen molar-refractivity contribution in [2.75, 3.05) is 0 Å². The highest BCUT2D eigenvalue weighted by Gasteiger charge is 1.98. The van der Waals surface area contributed by atoms with Crippen molar-refractivity contribution >= 4 is 22.6 Å². The summed E-state index contributed by atoms with van der Waals surface area (Å²) in [5.41, 5.74) is 0. The van der Waals surface area contributed by atoms with Crippen LogP contribution in [0.5, 0.6) is 0 Å². The Morgan fingerprint density at radius 2 is 1.10 bits per heavy atom. The molecule has 1 unspecified atom stereocenters. The van der Waals surface area contributed by atoms with E-state index in [2.05, 4.69) is 29.5 Å². The van der Waals surface area contributed by atoms with Crippen molar-refractivity contribution in [2.24, 2.45) is 0 Å². The summed E-state index contributed by atoms with van der Waals surface area (Å²) in [6, 6.07) is 0. The standard InChI is InChI=1S/C19H37IO/c1-2-3-4-5-6-7-8-9-10-11-12-13-14-15-16-19(21)17-18-20/h17-19,21H,2-16H2,1H3/b18-17-. The zero-order valence-corrected chi connectivity index (χ0v) is 16.3. The van der Waals surface area contributed by atoms with Crippen LogP contribution in [-0.2, 0) is 0 Å². The SMILES string of the molecule is CCCCCCCCCCCCCCCCC(O)/C=C\I. The number of rotatable bonds is 16. The zero-order chi connectivity index (χ0) is 15.6. The van der Waals surface area contributed by atoms with Gasteiger partial charge in [-0.05, 0) is 10.5 Å². The van der Waals surface area contributed by atoms with E-state index in [0.717, 1.165) is 6.42 Å². The van der Waals surface area contributed by atoms with Gasteiger partial charge in [0.2, 0.25) is 0 Å². The first kappa shape index (κ1) is 21.4. The maximum absolute atomic E-state index is 9.55. The molecule has 21 heavy (non-hydrogen) atoms. The molecule has 0 fully saturated rings. The van der Waals surface area contributed by atoms with Gasteiger partial charge in [0.1, 0.15) is 0 Å². The summed E-state index contributed by atoms with van der Waals surface area (Å²) < 4.78 is 1.91. The molecule has 2 heteroatoms. The summed E-state index contributed by atoms with van der Waals surface area (Å²) >= 11 is 2.16. The van der Waals surface area contributed by atoms with Gasteiger partial charge in [0.25, 0.3) is 0 Å². The van der Waals surface area contributed by atoms with Crippen LogP contribution in [0.25, 0.3) is 0 Å². The molecule has 0 saturated heterocycles. The first-order valence-electron chi connectivity index (χ1n) is 9.26. The van der Waals surface area contributed by atoms with Gasteiger partial charge in [0.15, 0.2) is 0 Å². The van der Waals surface area contributed by atoms with Crippen LogP contribution in [0.2, 0.25) is 0 Å². The minimum absolute atomic E-state index is 0.223. The molecule has 0 aliphatic heterocycles. The minimum Gasteiger partial charge on any atom is -0.389 e. The van der Waals surface area contributed by atoms with Gasteiger partial charge in [-0.1, -0.05) is 125 Å². The fourth-order valence-corrected chi connectivity index (χ4v) is 3.21. The third-order valence-corrected chi connectivity index (χ3v) is 4.56. The summed E-state index contributed by atoms with van der Waals surface area (Å²) in [6.45, 7) is 2.28. The molecule has 0 saturated carbocycles. The lowest BCUT2D eigenvalue weighted by Crippen LogP contribution is -2.00. The van der Waals surface area contributed by atoms with Gasteiger partial charge in [-0.3, -0.25) is 0 Å². The molecule has 1 N–H and O–H groups in total. The second kappa shape index (κ2) is 18.5. The normalized spacial score (nSPS) is 13.1. The van der Waals surface area contributed by atoms with Crippen LogP contribution in [0.4, 0.5) is 0 Å². The Labute approximate surface area is 147 Å². The first-order chi connectivity index (χ1) is 10.3. The van der Waals surface area contributed by atoms with Crippen molar-refractivity contribution < 1.29 is 5.11 Å². The molecule has 0 radical (unpaired) electrons. The Morgan fingerprint density at radius 3 is 1.48 bits per heavy atom. The summed E-state index contributed by atoms with van der Waals surface area (Å²) in [5.74, 6) is 0. The maximum Gasteiger partial charge on any atom is 0.0728 e. The minimum atomic E-state index is -0.223. The first-order valence-corrected chi connectivity index (χ1v) is 10.5. The number of unbranched alkanes of at least 4 members (excludes halogenated alkanes) is 13. The Bertz CT molecular complexity index is 216. The topological polar surface area (TPSA) is 20.2 Å². The molecule has 0 aromatic carbocycles. The fraction of sp³-hybridized carbons (Fsp3) is 0.895. The molecule has 126 valence electrons. The molecule has 0 aliphatic carbocycles. The molecule has 1 nitrogen and oxygen atoms in total. The van der Waals surface area contributed by atoms with E-state index in [1.54, 1.807) is 0 Å². The smallest absolute Gasteiger partial charge is 0.0728 e. The Kier molecular flexibility index (Phi) is 18.9. The monoisotopic (exact) mass is 408 g/mol. The van der Waals surface area contributed by atoms with Crippen LogP contribution in [0, 0.1) is 0 Å². The molecule has 0 aromatic rings. The van der Waals surface area contributed by atoms with Crippen molar-refractivity contribution in [3.8, 4) is 0 Å². The van der Waals surface area contributed by atoms with E-state index >= 15 is 0 Å². The van der Waals surface area contributed by atoms with Crippen LogP contribution >= 0.6 is 22.6 Å². The predicted molar refractivity (Wildman–Crippen MR) is 104 cm³/mol. The average molecular weight is 408 g/mol. The number of halogens is 1. The number of hydrogen-bond donors (Lipinski definition) is 1. The molecule has 0 aliphatic rings. The second-order valence-electron chi connectivity index (χ2n) is 6.27. The lowest BCUT2D eigenvalue weighted by atomic mass is 10.0. The van der Waals surface area contributed by atoms with Gasteiger partial charge in [0, 0.05) is 0 Å². The van der Waals surface area contributed by atoms with Gasteiger partial charge in [-0.25, -0.2) is 0 Å². The molecule has 0 amide bonds. The van der Waals surface area contributed by atoms with Gasteiger partial charge >= 0.3 is 0 Å². The van der Waals surface area contributed by atoms with Crippen molar-refractivity contribution in [3.05, 3.63) is 10.2 Å². The van der Waals surface area contributed by atoms with Crippen LogP contribution in [-0.4, -0.2) is 11.2 Å². The molecular weight excluding hydrogens is 371 g/mol. The summed E-state index contributed by atoms with van der Waals surface area (Å²) in [7, 11) is 0. The highest BCUT2D eigenvalue weighted by Crippen LogP contribution is 2.13. The van der Waals surface area contributed by atoms with E-state index < -0.39 is 0 Å². The number of aliphatic hydroxyl groups excluding tert-OH is 1. The highest BCUT2D eigenvalue weighted by atomic mass is 127. The van der Waals surface area contributed by atoms with Crippen LogP contribution < -0.4 is 0 Å². The maximum atomic E-state index is 9.55. The number of hydrogen-bond acceptors (Lipinski definition) is 1. The Morgan fingerprint density at radius 1 is 0.714 bits per heavy atom.